The van der Waals surface area contributed by atoms with E-state index in [4.69, 9.17) is 0 Å². The van der Waals surface area contributed by atoms with Crippen LogP contribution in [0.5, 0.6) is 0 Å². The molecule has 1 fully saturated rings. The summed E-state index contributed by atoms with van der Waals surface area (Å²) in [6.07, 6.45) is -1.42. The van der Waals surface area contributed by atoms with Crippen LogP contribution in [-0.2, 0) is 0 Å². The van der Waals surface area contributed by atoms with Crippen LogP contribution in [0, 0.1) is 0 Å². The molecule has 0 aromatic carbocycles. The number of allylic oxidation sites excluding steroid dienone is 1. The van der Waals surface area contributed by atoms with Crippen molar-refractivity contribution >= 4 is 0 Å². The lowest BCUT2D eigenvalue weighted by Crippen LogP contribution is -2.54. The first-order chi connectivity index (χ1) is 8.84. The van der Waals surface area contributed by atoms with Crippen molar-refractivity contribution in [1.82, 2.24) is 9.80 Å². The number of hydrogen-bond donors (Lipinski definition) is 1. The van der Waals surface area contributed by atoms with Crippen LogP contribution in [0.25, 0.3) is 0 Å². The molecule has 0 bridgehead atoms. The maximum absolute atomic E-state index is 12.6. The summed E-state index contributed by atoms with van der Waals surface area (Å²) >= 11 is 0. The van der Waals surface area contributed by atoms with E-state index in [0.717, 1.165) is 6.42 Å². The van der Waals surface area contributed by atoms with Gasteiger partial charge in [0.15, 0.2) is 0 Å². The Balaban J connectivity index is 2.31. The lowest BCUT2D eigenvalue weighted by molar-refractivity contribution is -0.182. The molecule has 0 aromatic rings. The largest absolute Gasteiger partial charge is 0.403 e. The molecular formula is C13H23F3N2O. The summed E-state index contributed by atoms with van der Waals surface area (Å²) < 4.78 is 37.7. The van der Waals surface area contributed by atoms with Gasteiger partial charge in [0.25, 0.3) is 0 Å². The second kappa shape index (κ2) is 7.26. The first kappa shape index (κ1) is 16.5. The Labute approximate surface area is 112 Å². The SMILES string of the molecule is C=CCCC(O)CN1CCN(C(C)C(F)(F)F)CC1. The number of aliphatic hydroxyl groups is 1. The van der Waals surface area contributed by atoms with Gasteiger partial charge in [0.1, 0.15) is 6.04 Å². The summed E-state index contributed by atoms with van der Waals surface area (Å²) in [5, 5.41) is 9.75. The molecule has 6 heteroatoms. The summed E-state index contributed by atoms with van der Waals surface area (Å²) in [6.45, 7) is 7.27. The fraction of sp³-hybridized carbons (Fsp3) is 0.846. The molecule has 0 amide bonds. The molecule has 1 aliphatic rings. The van der Waals surface area contributed by atoms with Crippen molar-refractivity contribution in [2.75, 3.05) is 32.7 Å². The summed E-state index contributed by atoms with van der Waals surface area (Å²) in [6, 6.07) is -1.39. The zero-order chi connectivity index (χ0) is 14.5. The van der Waals surface area contributed by atoms with Gasteiger partial charge in [-0.3, -0.25) is 9.80 Å². The van der Waals surface area contributed by atoms with Gasteiger partial charge in [0.05, 0.1) is 6.10 Å². The zero-order valence-corrected chi connectivity index (χ0v) is 11.4. The number of alkyl halides is 3. The first-order valence-electron chi connectivity index (χ1n) is 6.66. The lowest BCUT2D eigenvalue weighted by Gasteiger charge is -2.39. The van der Waals surface area contributed by atoms with E-state index in [2.05, 4.69) is 6.58 Å². The molecule has 1 aliphatic heterocycles. The third kappa shape index (κ3) is 5.50. The van der Waals surface area contributed by atoms with Crippen molar-refractivity contribution in [3.05, 3.63) is 12.7 Å². The van der Waals surface area contributed by atoms with Crippen molar-refractivity contribution in [2.45, 2.75) is 38.1 Å². The zero-order valence-electron chi connectivity index (χ0n) is 11.4. The Hall–Kier alpha value is -0.590. The highest BCUT2D eigenvalue weighted by atomic mass is 19.4. The Bertz CT molecular complexity index is 276. The van der Waals surface area contributed by atoms with E-state index in [1.807, 2.05) is 4.90 Å². The minimum Gasteiger partial charge on any atom is -0.392 e. The minimum absolute atomic E-state index is 0.398. The number of halogens is 3. The van der Waals surface area contributed by atoms with Crippen LogP contribution in [-0.4, -0.2) is 66.0 Å². The molecule has 2 unspecified atom stereocenters. The van der Waals surface area contributed by atoms with Gasteiger partial charge in [-0.2, -0.15) is 13.2 Å². The molecule has 0 aliphatic carbocycles. The van der Waals surface area contributed by atoms with Gasteiger partial charge in [-0.05, 0) is 19.8 Å². The Morgan fingerprint density at radius 3 is 2.32 bits per heavy atom. The summed E-state index contributed by atoms with van der Waals surface area (Å²) in [5.41, 5.74) is 0. The molecule has 2 atom stereocenters. The highest BCUT2D eigenvalue weighted by Crippen LogP contribution is 2.25. The molecule has 3 nitrogen and oxygen atoms in total. The number of β-amino-alcohol motifs (C(OH)–C–C–N with tert-alkyl or cyclic N) is 1. The third-order valence-corrected chi connectivity index (χ3v) is 3.60. The van der Waals surface area contributed by atoms with Crippen LogP contribution >= 0.6 is 0 Å². The van der Waals surface area contributed by atoms with E-state index in [9.17, 15) is 18.3 Å². The fourth-order valence-electron chi connectivity index (χ4n) is 2.24. The van der Waals surface area contributed by atoms with Gasteiger partial charge in [-0.25, -0.2) is 0 Å². The monoisotopic (exact) mass is 280 g/mol. The molecular weight excluding hydrogens is 257 g/mol. The number of rotatable bonds is 6. The molecule has 1 N–H and O–H groups in total. The quantitative estimate of drug-likeness (QED) is 0.753. The predicted octanol–water partition coefficient (Wildman–Crippen LogP) is 1.88. The van der Waals surface area contributed by atoms with Crippen LogP contribution in [0.1, 0.15) is 19.8 Å². The fourth-order valence-corrected chi connectivity index (χ4v) is 2.24. The molecule has 1 heterocycles. The van der Waals surface area contributed by atoms with Crippen LogP contribution in [0.2, 0.25) is 0 Å². The number of piperazine rings is 1. The van der Waals surface area contributed by atoms with Gasteiger partial charge in [-0.15, -0.1) is 6.58 Å². The maximum Gasteiger partial charge on any atom is 0.403 e. The molecule has 1 saturated heterocycles. The van der Waals surface area contributed by atoms with Crippen LogP contribution in [0.15, 0.2) is 12.7 Å². The number of nitrogens with zero attached hydrogens (tertiary/aromatic N) is 2. The van der Waals surface area contributed by atoms with Crippen molar-refractivity contribution in [3.8, 4) is 0 Å². The van der Waals surface area contributed by atoms with E-state index in [1.165, 1.54) is 11.8 Å². The highest BCUT2D eigenvalue weighted by molar-refractivity contribution is 4.81. The van der Waals surface area contributed by atoms with Gasteiger partial charge >= 0.3 is 6.18 Å². The Morgan fingerprint density at radius 1 is 1.26 bits per heavy atom. The lowest BCUT2D eigenvalue weighted by atomic mass is 10.1. The molecule has 19 heavy (non-hydrogen) atoms. The first-order valence-corrected chi connectivity index (χ1v) is 6.66. The van der Waals surface area contributed by atoms with Crippen molar-refractivity contribution in [3.63, 3.8) is 0 Å². The topological polar surface area (TPSA) is 26.7 Å². The number of aliphatic hydroxyl groups excluding tert-OH is 1. The Morgan fingerprint density at radius 2 is 1.84 bits per heavy atom. The van der Waals surface area contributed by atoms with E-state index in [0.29, 0.717) is 39.1 Å². The molecule has 0 saturated carbocycles. The van der Waals surface area contributed by atoms with Gasteiger partial charge < -0.3 is 5.11 Å². The summed E-state index contributed by atoms with van der Waals surface area (Å²) in [5.74, 6) is 0. The third-order valence-electron chi connectivity index (χ3n) is 3.60. The van der Waals surface area contributed by atoms with E-state index >= 15 is 0 Å². The smallest absolute Gasteiger partial charge is 0.392 e. The van der Waals surface area contributed by atoms with Gasteiger partial charge in [0, 0.05) is 32.7 Å². The molecule has 112 valence electrons. The number of hydrogen-bond acceptors (Lipinski definition) is 3. The molecule has 0 spiro atoms. The van der Waals surface area contributed by atoms with Crippen molar-refractivity contribution in [2.24, 2.45) is 0 Å². The average molecular weight is 280 g/mol. The summed E-state index contributed by atoms with van der Waals surface area (Å²) in [4.78, 5) is 3.47. The minimum atomic E-state index is -4.16. The maximum atomic E-state index is 12.6. The Kier molecular flexibility index (Phi) is 6.29. The predicted molar refractivity (Wildman–Crippen MR) is 69.0 cm³/mol. The van der Waals surface area contributed by atoms with E-state index in [-0.39, 0.29) is 0 Å². The van der Waals surface area contributed by atoms with Crippen molar-refractivity contribution < 1.29 is 18.3 Å². The van der Waals surface area contributed by atoms with E-state index < -0.39 is 18.3 Å². The van der Waals surface area contributed by atoms with Gasteiger partial charge in [-0.1, -0.05) is 6.08 Å². The molecule has 0 radical (unpaired) electrons. The molecule has 0 aromatic heterocycles. The average Bonchev–Trinajstić information content (AvgIpc) is 2.35. The van der Waals surface area contributed by atoms with Crippen LogP contribution in [0.3, 0.4) is 0 Å². The summed E-state index contributed by atoms with van der Waals surface area (Å²) in [7, 11) is 0. The van der Waals surface area contributed by atoms with Gasteiger partial charge in [0.2, 0.25) is 0 Å². The second-order valence-corrected chi connectivity index (χ2v) is 5.07. The molecule has 1 rings (SSSR count). The van der Waals surface area contributed by atoms with Crippen LogP contribution < -0.4 is 0 Å². The second-order valence-electron chi connectivity index (χ2n) is 5.07. The normalized spacial score (nSPS) is 22.2. The van der Waals surface area contributed by atoms with Crippen molar-refractivity contribution in [1.29, 1.82) is 0 Å². The van der Waals surface area contributed by atoms with E-state index in [1.54, 1.807) is 6.08 Å². The highest BCUT2D eigenvalue weighted by Gasteiger charge is 2.40. The van der Waals surface area contributed by atoms with Crippen LogP contribution in [0.4, 0.5) is 13.2 Å². The standard InChI is InChI=1S/C13H23F3N2O/c1-3-4-5-12(19)10-17-6-8-18(9-7-17)11(2)13(14,15)16/h3,11-12,19H,1,4-10H2,2H3.